The predicted molar refractivity (Wildman–Crippen MR) is 124 cm³/mol. The van der Waals surface area contributed by atoms with Crippen molar-refractivity contribution in [3.63, 3.8) is 0 Å². The standard InChI is InChI=1S/C26H23NOS/c1-26(18-29-22-9-4-3-5-10-22)25-23-11-7-6-8-19(23)12-17-24(25)27(26)20-13-15-21(28-2)16-14-20/h3-17H,18H2,1-2H3. The molecule has 1 atom stereocenters. The fourth-order valence-electron chi connectivity index (χ4n) is 4.37. The summed E-state index contributed by atoms with van der Waals surface area (Å²) in [5, 5.41) is 2.66. The lowest BCUT2D eigenvalue weighted by atomic mass is 9.77. The third kappa shape index (κ3) is 2.97. The molecule has 1 aliphatic rings. The van der Waals surface area contributed by atoms with Gasteiger partial charge >= 0.3 is 0 Å². The molecule has 0 bridgehead atoms. The van der Waals surface area contributed by atoms with Crippen LogP contribution < -0.4 is 9.64 Å². The average Bonchev–Trinajstić information content (AvgIpc) is 2.78. The number of hydrogen-bond donors (Lipinski definition) is 0. The summed E-state index contributed by atoms with van der Waals surface area (Å²) in [6.07, 6.45) is 0. The van der Waals surface area contributed by atoms with Gasteiger partial charge in [-0.3, -0.25) is 0 Å². The first-order valence-electron chi connectivity index (χ1n) is 9.85. The van der Waals surface area contributed by atoms with Crippen LogP contribution in [0.2, 0.25) is 0 Å². The summed E-state index contributed by atoms with van der Waals surface area (Å²) in [6, 6.07) is 32.3. The molecule has 0 aliphatic carbocycles. The zero-order valence-corrected chi connectivity index (χ0v) is 17.4. The van der Waals surface area contributed by atoms with Crippen LogP contribution in [0, 0.1) is 0 Å². The van der Waals surface area contributed by atoms with Crippen LogP contribution in [0.5, 0.6) is 5.75 Å². The number of methoxy groups -OCH3 is 1. The summed E-state index contributed by atoms with van der Waals surface area (Å²) in [5.41, 5.74) is 3.84. The molecule has 144 valence electrons. The van der Waals surface area contributed by atoms with Gasteiger partial charge in [-0.05, 0) is 60.2 Å². The Morgan fingerprint density at radius 3 is 2.31 bits per heavy atom. The highest BCUT2D eigenvalue weighted by Gasteiger charge is 2.47. The van der Waals surface area contributed by atoms with Crippen molar-refractivity contribution in [3.8, 4) is 5.75 Å². The lowest BCUT2D eigenvalue weighted by Crippen LogP contribution is -2.52. The van der Waals surface area contributed by atoms with E-state index >= 15 is 0 Å². The zero-order chi connectivity index (χ0) is 19.8. The molecule has 2 nitrogen and oxygen atoms in total. The minimum atomic E-state index is -0.0920. The first-order chi connectivity index (χ1) is 14.2. The molecular weight excluding hydrogens is 374 g/mol. The Hall–Kier alpha value is -2.91. The van der Waals surface area contributed by atoms with Gasteiger partial charge in [0.15, 0.2) is 0 Å². The van der Waals surface area contributed by atoms with Crippen molar-refractivity contribution in [2.75, 3.05) is 17.8 Å². The van der Waals surface area contributed by atoms with Crippen LogP contribution in [-0.2, 0) is 5.54 Å². The maximum absolute atomic E-state index is 5.36. The molecule has 0 N–H and O–H groups in total. The third-order valence-electron chi connectivity index (χ3n) is 5.77. The molecule has 1 aliphatic heterocycles. The van der Waals surface area contributed by atoms with Gasteiger partial charge in [-0.25, -0.2) is 0 Å². The van der Waals surface area contributed by atoms with E-state index in [9.17, 15) is 0 Å². The number of rotatable bonds is 5. The predicted octanol–water partition coefficient (Wildman–Crippen LogP) is 7.01. The van der Waals surface area contributed by atoms with Crippen LogP contribution in [0.1, 0.15) is 12.5 Å². The Labute approximate surface area is 176 Å². The Morgan fingerprint density at radius 1 is 0.828 bits per heavy atom. The summed E-state index contributed by atoms with van der Waals surface area (Å²) in [4.78, 5) is 3.78. The lowest BCUT2D eigenvalue weighted by Gasteiger charge is -2.54. The molecule has 4 aromatic rings. The van der Waals surface area contributed by atoms with Crippen molar-refractivity contribution in [2.24, 2.45) is 0 Å². The summed E-state index contributed by atoms with van der Waals surface area (Å²) in [6.45, 7) is 2.36. The maximum Gasteiger partial charge on any atom is 0.119 e. The Morgan fingerprint density at radius 2 is 1.55 bits per heavy atom. The van der Waals surface area contributed by atoms with Gasteiger partial charge in [-0.2, -0.15) is 0 Å². The Kier molecular flexibility index (Phi) is 4.48. The van der Waals surface area contributed by atoms with Gasteiger partial charge in [-0.1, -0.05) is 48.5 Å². The van der Waals surface area contributed by atoms with E-state index in [4.69, 9.17) is 4.74 Å². The number of benzene rings is 4. The highest BCUT2D eigenvalue weighted by atomic mass is 32.2. The normalized spacial score (nSPS) is 17.7. The van der Waals surface area contributed by atoms with E-state index in [0.717, 1.165) is 11.5 Å². The van der Waals surface area contributed by atoms with E-state index in [1.807, 2.05) is 23.9 Å². The van der Waals surface area contributed by atoms with Crippen LogP contribution in [-0.4, -0.2) is 12.9 Å². The minimum absolute atomic E-state index is 0.0920. The van der Waals surface area contributed by atoms with Gasteiger partial charge in [0.2, 0.25) is 0 Å². The number of ether oxygens (including phenoxy) is 1. The van der Waals surface area contributed by atoms with Crippen LogP contribution in [0.25, 0.3) is 10.8 Å². The molecule has 5 rings (SSSR count). The molecule has 0 saturated heterocycles. The molecule has 4 aromatic carbocycles. The van der Waals surface area contributed by atoms with Crippen LogP contribution in [0.3, 0.4) is 0 Å². The maximum atomic E-state index is 5.36. The van der Waals surface area contributed by atoms with Gasteiger partial charge in [0, 0.05) is 27.6 Å². The number of anilines is 2. The van der Waals surface area contributed by atoms with Gasteiger partial charge in [-0.15, -0.1) is 11.8 Å². The largest absolute Gasteiger partial charge is 0.497 e. The summed E-state index contributed by atoms with van der Waals surface area (Å²) >= 11 is 1.92. The fourth-order valence-corrected chi connectivity index (χ4v) is 5.44. The van der Waals surface area contributed by atoms with Crippen LogP contribution in [0.4, 0.5) is 11.4 Å². The topological polar surface area (TPSA) is 12.5 Å². The second-order valence-electron chi connectivity index (χ2n) is 7.59. The van der Waals surface area contributed by atoms with Crippen molar-refractivity contribution in [3.05, 3.63) is 96.6 Å². The van der Waals surface area contributed by atoms with Crippen molar-refractivity contribution in [2.45, 2.75) is 17.4 Å². The molecule has 0 aromatic heterocycles. The van der Waals surface area contributed by atoms with Crippen LogP contribution >= 0.6 is 11.8 Å². The van der Waals surface area contributed by atoms with Crippen molar-refractivity contribution < 1.29 is 4.74 Å². The van der Waals surface area contributed by atoms with Gasteiger partial charge < -0.3 is 9.64 Å². The van der Waals surface area contributed by atoms with Crippen molar-refractivity contribution in [1.82, 2.24) is 0 Å². The SMILES string of the molecule is COc1ccc(N2c3ccc4ccccc4c3C2(C)CSc2ccccc2)cc1. The Balaban J connectivity index is 1.60. The molecule has 1 unspecified atom stereocenters. The van der Waals surface area contributed by atoms with E-state index in [2.05, 4.69) is 90.7 Å². The fraction of sp³-hybridized carbons (Fsp3) is 0.154. The van der Waals surface area contributed by atoms with Crippen molar-refractivity contribution >= 4 is 33.9 Å². The van der Waals surface area contributed by atoms with Crippen molar-refractivity contribution in [1.29, 1.82) is 0 Å². The molecule has 0 radical (unpaired) electrons. The third-order valence-corrected chi connectivity index (χ3v) is 7.09. The summed E-state index contributed by atoms with van der Waals surface area (Å²) in [7, 11) is 1.71. The number of hydrogen-bond acceptors (Lipinski definition) is 3. The van der Waals surface area contributed by atoms with E-state index in [-0.39, 0.29) is 5.54 Å². The molecule has 29 heavy (non-hydrogen) atoms. The first-order valence-corrected chi connectivity index (χ1v) is 10.8. The number of thioether (sulfide) groups is 1. The summed E-state index contributed by atoms with van der Waals surface area (Å²) < 4.78 is 5.36. The molecule has 1 heterocycles. The van der Waals surface area contributed by atoms with Gasteiger partial charge in [0.25, 0.3) is 0 Å². The highest BCUT2D eigenvalue weighted by Crippen LogP contribution is 2.56. The van der Waals surface area contributed by atoms with Gasteiger partial charge in [0.1, 0.15) is 5.75 Å². The Bertz CT molecular complexity index is 1160. The second kappa shape index (κ2) is 7.16. The molecule has 0 amide bonds. The molecule has 0 fully saturated rings. The van der Waals surface area contributed by atoms with E-state index in [1.165, 1.54) is 32.6 Å². The smallest absolute Gasteiger partial charge is 0.119 e. The summed E-state index contributed by atoms with van der Waals surface area (Å²) in [5.74, 6) is 1.86. The molecule has 0 spiro atoms. The second-order valence-corrected chi connectivity index (χ2v) is 8.64. The minimum Gasteiger partial charge on any atom is -0.497 e. The molecular formula is C26H23NOS. The lowest BCUT2D eigenvalue weighted by molar-refractivity contribution is 0.414. The van der Waals surface area contributed by atoms with Gasteiger partial charge in [0.05, 0.1) is 12.6 Å². The van der Waals surface area contributed by atoms with Crippen LogP contribution in [0.15, 0.2) is 95.9 Å². The van der Waals surface area contributed by atoms with E-state index in [1.54, 1.807) is 7.11 Å². The first kappa shape index (κ1) is 18.1. The molecule has 0 saturated carbocycles. The average molecular weight is 398 g/mol. The van der Waals surface area contributed by atoms with E-state index < -0.39 is 0 Å². The highest BCUT2D eigenvalue weighted by molar-refractivity contribution is 7.99. The van der Waals surface area contributed by atoms with E-state index in [0.29, 0.717) is 0 Å². The number of fused-ring (bicyclic) bond motifs is 3. The molecule has 3 heteroatoms. The number of nitrogens with zero attached hydrogens (tertiary/aromatic N) is 1. The zero-order valence-electron chi connectivity index (χ0n) is 16.6. The monoisotopic (exact) mass is 397 g/mol. The quantitative estimate of drug-likeness (QED) is 0.336.